The van der Waals surface area contributed by atoms with Gasteiger partial charge >= 0.3 is 0 Å². The van der Waals surface area contributed by atoms with E-state index in [1.165, 1.54) is 0 Å². The van der Waals surface area contributed by atoms with Gasteiger partial charge in [-0.15, -0.1) is 12.4 Å². The van der Waals surface area contributed by atoms with Gasteiger partial charge in [0.15, 0.2) is 17.2 Å². The highest BCUT2D eigenvalue weighted by Gasteiger charge is 2.17. The predicted octanol–water partition coefficient (Wildman–Crippen LogP) is 3.45. The number of aryl methyl sites for hydroxylation is 1. The van der Waals surface area contributed by atoms with Crippen molar-refractivity contribution in [3.05, 3.63) is 29.7 Å². The van der Waals surface area contributed by atoms with Crippen LogP contribution in [0.1, 0.15) is 42.9 Å². The number of aromatic nitrogens is 2. The van der Waals surface area contributed by atoms with E-state index in [1.54, 1.807) is 0 Å². The van der Waals surface area contributed by atoms with Crippen molar-refractivity contribution in [3.8, 4) is 5.75 Å². The van der Waals surface area contributed by atoms with Crippen LogP contribution >= 0.6 is 12.4 Å². The molecule has 0 aliphatic rings. The number of halogens is 1. The zero-order valence-corrected chi connectivity index (χ0v) is 12.3. The monoisotopic (exact) mass is 282 g/mol. The summed E-state index contributed by atoms with van der Waals surface area (Å²) >= 11 is 0. The first-order chi connectivity index (χ1) is 8.69. The first-order valence-electron chi connectivity index (χ1n) is 6.32. The van der Waals surface area contributed by atoms with Crippen LogP contribution in [0, 0.1) is 6.92 Å². The first kappa shape index (κ1) is 15.5. The van der Waals surface area contributed by atoms with Crippen molar-refractivity contribution >= 4 is 23.8 Å². The highest BCUT2D eigenvalue weighted by Crippen LogP contribution is 2.23. The fourth-order valence-electron chi connectivity index (χ4n) is 2.11. The standard InChI is InChI=1S/C14H18N2O2.ClH/c1-4-7-11(17)13-10(3)15-14-12(18-5-2)8-6-9-16(13)14;/h6,8-9H,4-5,7H2,1-3H3;1H. The van der Waals surface area contributed by atoms with Crippen molar-refractivity contribution in [3.63, 3.8) is 0 Å². The van der Waals surface area contributed by atoms with Gasteiger partial charge in [0.05, 0.1) is 12.3 Å². The molecule has 0 fully saturated rings. The molecule has 0 N–H and O–H groups in total. The number of carbonyl (C=O) groups is 1. The van der Waals surface area contributed by atoms with Gasteiger partial charge in [0.25, 0.3) is 0 Å². The van der Waals surface area contributed by atoms with Crippen LogP contribution in [0.3, 0.4) is 0 Å². The summed E-state index contributed by atoms with van der Waals surface area (Å²) in [5, 5.41) is 0. The smallest absolute Gasteiger partial charge is 0.181 e. The lowest BCUT2D eigenvalue weighted by Gasteiger charge is -2.05. The summed E-state index contributed by atoms with van der Waals surface area (Å²) in [6.45, 7) is 6.39. The minimum Gasteiger partial charge on any atom is -0.490 e. The van der Waals surface area contributed by atoms with Crippen molar-refractivity contribution < 1.29 is 9.53 Å². The molecule has 19 heavy (non-hydrogen) atoms. The van der Waals surface area contributed by atoms with E-state index >= 15 is 0 Å². The third-order valence-electron chi connectivity index (χ3n) is 2.83. The van der Waals surface area contributed by atoms with Gasteiger partial charge in [0.2, 0.25) is 0 Å². The number of nitrogens with zero attached hydrogens (tertiary/aromatic N) is 2. The van der Waals surface area contributed by atoms with E-state index in [1.807, 2.05) is 43.5 Å². The molecule has 0 aromatic carbocycles. The summed E-state index contributed by atoms with van der Waals surface area (Å²) in [7, 11) is 0. The van der Waals surface area contributed by atoms with Crippen LogP contribution in [-0.2, 0) is 0 Å². The molecule has 0 saturated carbocycles. The molecule has 104 valence electrons. The minimum atomic E-state index is 0. The topological polar surface area (TPSA) is 43.6 Å². The van der Waals surface area contributed by atoms with Gasteiger partial charge < -0.3 is 4.74 Å². The number of ether oxygens (including phenoxy) is 1. The third-order valence-corrected chi connectivity index (χ3v) is 2.83. The molecule has 5 heteroatoms. The normalized spacial score (nSPS) is 10.3. The Labute approximate surface area is 119 Å². The summed E-state index contributed by atoms with van der Waals surface area (Å²) in [6.07, 6.45) is 3.25. The zero-order chi connectivity index (χ0) is 13.1. The summed E-state index contributed by atoms with van der Waals surface area (Å²) in [6, 6.07) is 3.75. The number of rotatable bonds is 5. The van der Waals surface area contributed by atoms with Crippen molar-refractivity contribution in [2.45, 2.75) is 33.6 Å². The zero-order valence-electron chi connectivity index (χ0n) is 11.5. The second-order valence-corrected chi connectivity index (χ2v) is 4.22. The largest absolute Gasteiger partial charge is 0.490 e. The van der Waals surface area contributed by atoms with E-state index in [4.69, 9.17) is 4.74 Å². The van der Waals surface area contributed by atoms with Gasteiger partial charge in [-0.25, -0.2) is 4.98 Å². The van der Waals surface area contributed by atoms with Gasteiger partial charge in [-0.3, -0.25) is 9.20 Å². The van der Waals surface area contributed by atoms with E-state index in [9.17, 15) is 4.79 Å². The second-order valence-electron chi connectivity index (χ2n) is 4.22. The molecule has 0 atom stereocenters. The highest BCUT2D eigenvalue weighted by atomic mass is 35.5. The molecule has 0 amide bonds. The lowest BCUT2D eigenvalue weighted by atomic mass is 10.1. The number of pyridine rings is 1. The minimum absolute atomic E-state index is 0. The molecule has 2 aromatic heterocycles. The summed E-state index contributed by atoms with van der Waals surface area (Å²) in [5.74, 6) is 0.856. The molecule has 2 heterocycles. The number of carbonyl (C=O) groups excluding carboxylic acids is 1. The quantitative estimate of drug-likeness (QED) is 0.789. The Morgan fingerprint density at radius 2 is 2.16 bits per heavy atom. The van der Waals surface area contributed by atoms with E-state index in [0.29, 0.717) is 18.7 Å². The molecule has 0 aliphatic carbocycles. The number of hydrogen-bond acceptors (Lipinski definition) is 3. The molecular weight excluding hydrogens is 264 g/mol. The average Bonchev–Trinajstić information content (AvgIpc) is 2.67. The fraction of sp³-hybridized carbons (Fsp3) is 0.429. The fourth-order valence-corrected chi connectivity index (χ4v) is 2.11. The van der Waals surface area contributed by atoms with Crippen LogP contribution in [0.5, 0.6) is 5.75 Å². The molecule has 2 aromatic rings. The molecule has 4 nitrogen and oxygen atoms in total. The van der Waals surface area contributed by atoms with Crippen molar-refractivity contribution in [2.75, 3.05) is 6.61 Å². The Morgan fingerprint density at radius 3 is 2.79 bits per heavy atom. The van der Waals surface area contributed by atoms with Gasteiger partial charge in [-0.1, -0.05) is 6.92 Å². The highest BCUT2D eigenvalue weighted by molar-refractivity contribution is 5.96. The molecule has 0 spiro atoms. The van der Waals surface area contributed by atoms with Crippen LogP contribution in [0.25, 0.3) is 5.65 Å². The van der Waals surface area contributed by atoms with Crippen LogP contribution in [-0.4, -0.2) is 21.8 Å². The molecule has 0 unspecified atom stereocenters. The molecule has 0 aliphatic heterocycles. The second kappa shape index (κ2) is 6.57. The van der Waals surface area contributed by atoms with Crippen LogP contribution < -0.4 is 4.74 Å². The summed E-state index contributed by atoms with van der Waals surface area (Å²) in [5.41, 5.74) is 2.16. The number of fused-ring (bicyclic) bond motifs is 1. The van der Waals surface area contributed by atoms with Gasteiger partial charge in [-0.05, 0) is 32.4 Å². The van der Waals surface area contributed by atoms with Crippen molar-refractivity contribution in [1.29, 1.82) is 0 Å². The molecule has 2 rings (SSSR count). The Bertz CT molecular complexity index is 578. The van der Waals surface area contributed by atoms with Crippen molar-refractivity contribution in [1.82, 2.24) is 9.38 Å². The maximum atomic E-state index is 12.1. The Balaban J connectivity index is 0.00000180. The number of imidazole rings is 1. The number of hydrogen-bond donors (Lipinski definition) is 0. The van der Waals surface area contributed by atoms with Gasteiger partial charge in [0.1, 0.15) is 5.69 Å². The molecule has 0 saturated heterocycles. The van der Waals surface area contributed by atoms with E-state index in [-0.39, 0.29) is 18.2 Å². The maximum Gasteiger partial charge on any atom is 0.181 e. The summed E-state index contributed by atoms with van der Waals surface area (Å²) < 4.78 is 7.36. The number of Topliss-reactive ketones (excluding diaryl/α,β-unsaturated/α-hetero) is 1. The van der Waals surface area contributed by atoms with Gasteiger partial charge in [-0.2, -0.15) is 0 Å². The number of ketones is 1. The van der Waals surface area contributed by atoms with E-state index in [0.717, 1.165) is 23.5 Å². The van der Waals surface area contributed by atoms with E-state index < -0.39 is 0 Å². The van der Waals surface area contributed by atoms with E-state index in [2.05, 4.69) is 4.98 Å². The lowest BCUT2D eigenvalue weighted by Crippen LogP contribution is -2.05. The Morgan fingerprint density at radius 1 is 1.42 bits per heavy atom. The predicted molar refractivity (Wildman–Crippen MR) is 77.6 cm³/mol. The van der Waals surface area contributed by atoms with Crippen LogP contribution in [0.15, 0.2) is 18.3 Å². The molecule has 0 radical (unpaired) electrons. The third kappa shape index (κ3) is 2.89. The van der Waals surface area contributed by atoms with Crippen LogP contribution in [0.2, 0.25) is 0 Å². The SMILES string of the molecule is CCCC(=O)c1c(C)nc2c(OCC)cccn12.Cl. The van der Waals surface area contributed by atoms with Crippen molar-refractivity contribution in [2.24, 2.45) is 0 Å². The van der Waals surface area contributed by atoms with Crippen LogP contribution in [0.4, 0.5) is 0 Å². The lowest BCUT2D eigenvalue weighted by molar-refractivity contribution is 0.0975. The van der Waals surface area contributed by atoms with Gasteiger partial charge in [0, 0.05) is 12.6 Å². The molecule has 0 bridgehead atoms. The first-order valence-corrected chi connectivity index (χ1v) is 6.32. The Kier molecular flexibility index (Phi) is 5.36. The summed E-state index contributed by atoms with van der Waals surface area (Å²) in [4.78, 5) is 16.6. The molecular formula is C14H19ClN2O2. The Hall–Kier alpha value is -1.55. The average molecular weight is 283 g/mol. The maximum absolute atomic E-state index is 12.1.